The van der Waals surface area contributed by atoms with Gasteiger partial charge >= 0.3 is 0 Å². The Hall–Kier alpha value is -0.780. The van der Waals surface area contributed by atoms with Gasteiger partial charge in [-0.2, -0.15) is 0 Å². The zero-order valence-electron chi connectivity index (χ0n) is 11.4. The molecule has 102 valence electrons. The first kappa shape index (κ1) is 17.2. The highest BCUT2D eigenvalue weighted by molar-refractivity contribution is 14.0. The van der Waals surface area contributed by atoms with E-state index in [1.54, 1.807) is 0 Å². The third kappa shape index (κ3) is 6.23. The molecule has 3 N–H and O–H groups in total. The van der Waals surface area contributed by atoms with Crippen molar-refractivity contribution < 1.29 is 0 Å². The number of rotatable bonds is 5. The van der Waals surface area contributed by atoms with Crippen LogP contribution in [0.4, 0.5) is 5.69 Å². The number of halogens is 1. The molecule has 1 aromatic rings. The average Bonchev–Trinajstić information content (AvgIpc) is 2.33. The molecule has 0 atom stereocenters. The fourth-order valence-corrected chi connectivity index (χ4v) is 1.60. The summed E-state index contributed by atoms with van der Waals surface area (Å²) in [5.74, 6) is 1.13. The molecule has 0 aromatic heterocycles. The highest BCUT2D eigenvalue weighted by Gasteiger charge is 2.02. The summed E-state index contributed by atoms with van der Waals surface area (Å²) in [6.45, 7) is 7.24. The van der Waals surface area contributed by atoms with Crippen molar-refractivity contribution in [3.63, 3.8) is 0 Å². The van der Waals surface area contributed by atoms with E-state index in [-0.39, 0.29) is 24.0 Å². The van der Waals surface area contributed by atoms with Crippen LogP contribution < -0.4 is 11.1 Å². The second-order valence-electron chi connectivity index (χ2n) is 4.40. The largest absolute Gasteiger partial charge is 0.370 e. The van der Waals surface area contributed by atoms with Gasteiger partial charge < -0.3 is 11.1 Å². The SMILES string of the molecule is CCC(CC)CN=C(N)Nc1ccc(C)cc1.I. The topological polar surface area (TPSA) is 50.4 Å². The summed E-state index contributed by atoms with van der Waals surface area (Å²) in [7, 11) is 0. The van der Waals surface area contributed by atoms with E-state index in [2.05, 4.69) is 43.2 Å². The summed E-state index contributed by atoms with van der Waals surface area (Å²) in [5, 5.41) is 3.10. The predicted molar refractivity (Wildman–Crippen MR) is 90.8 cm³/mol. The van der Waals surface area contributed by atoms with E-state index < -0.39 is 0 Å². The van der Waals surface area contributed by atoms with Crippen molar-refractivity contribution >= 4 is 35.6 Å². The highest BCUT2D eigenvalue weighted by Crippen LogP contribution is 2.09. The van der Waals surface area contributed by atoms with E-state index in [1.165, 1.54) is 5.56 Å². The molecule has 4 heteroatoms. The number of aryl methyl sites for hydroxylation is 1. The zero-order chi connectivity index (χ0) is 12.7. The molecule has 0 saturated heterocycles. The van der Waals surface area contributed by atoms with Crippen LogP contribution in [0.25, 0.3) is 0 Å². The molecule has 0 aliphatic heterocycles. The minimum absolute atomic E-state index is 0. The molecule has 0 fully saturated rings. The summed E-state index contributed by atoms with van der Waals surface area (Å²) in [6.07, 6.45) is 2.30. The third-order valence-electron chi connectivity index (χ3n) is 3.00. The number of benzene rings is 1. The molecule has 3 nitrogen and oxygen atoms in total. The second kappa shape index (κ2) is 9.19. The first-order valence-electron chi connectivity index (χ1n) is 6.29. The molecule has 0 amide bonds. The quantitative estimate of drug-likeness (QED) is 0.477. The van der Waals surface area contributed by atoms with Gasteiger partial charge in [0.1, 0.15) is 0 Å². The number of aliphatic imine (C=N–C) groups is 1. The van der Waals surface area contributed by atoms with E-state index in [9.17, 15) is 0 Å². The zero-order valence-corrected chi connectivity index (χ0v) is 13.8. The Balaban J connectivity index is 0.00000289. The highest BCUT2D eigenvalue weighted by atomic mass is 127. The molecule has 0 radical (unpaired) electrons. The lowest BCUT2D eigenvalue weighted by atomic mass is 10.0. The van der Waals surface area contributed by atoms with E-state index in [4.69, 9.17) is 5.73 Å². The summed E-state index contributed by atoms with van der Waals surface area (Å²) in [4.78, 5) is 4.37. The smallest absolute Gasteiger partial charge is 0.193 e. The van der Waals surface area contributed by atoms with E-state index in [1.807, 2.05) is 12.1 Å². The van der Waals surface area contributed by atoms with Gasteiger partial charge in [0, 0.05) is 12.2 Å². The Morgan fingerprint density at radius 1 is 1.22 bits per heavy atom. The second-order valence-corrected chi connectivity index (χ2v) is 4.40. The lowest BCUT2D eigenvalue weighted by Gasteiger charge is -2.10. The van der Waals surface area contributed by atoms with Crippen LogP contribution in [0.2, 0.25) is 0 Å². The molecule has 0 unspecified atom stereocenters. The van der Waals surface area contributed by atoms with E-state index in [0.717, 1.165) is 25.1 Å². The normalized spacial score (nSPS) is 11.2. The first-order chi connectivity index (χ1) is 8.15. The van der Waals surface area contributed by atoms with Gasteiger partial charge in [0.05, 0.1) is 0 Å². The Labute approximate surface area is 127 Å². The van der Waals surface area contributed by atoms with Gasteiger partial charge in [-0.1, -0.05) is 44.4 Å². The molecule has 0 aliphatic carbocycles. The minimum Gasteiger partial charge on any atom is -0.370 e. The number of nitrogens with one attached hydrogen (secondary N) is 1. The molecule has 1 rings (SSSR count). The van der Waals surface area contributed by atoms with Crippen molar-refractivity contribution in [1.29, 1.82) is 0 Å². The number of hydrogen-bond donors (Lipinski definition) is 2. The van der Waals surface area contributed by atoms with E-state index >= 15 is 0 Å². The predicted octanol–water partition coefficient (Wildman–Crippen LogP) is 3.78. The summed E-state index contributed by atoms with van der Waals surface area (Å²) < 4.78 is 0. The Bertz CT molecular complexity index is 356. The number of nitrogens with zero attached hydrogens (tertiary/aromatic N) is 1. The lowest BCUT2D eigenvalue weighted by molar-refractivity contribution is 0.506. The maximum absolute atomic E-state index is 5.84. The van der Waals surface area contributed by atoms with Gasteiger partial charge in [-0.25, -0.2) is 0 Å². The van der Waals surface area contributed by atoms with Crippen molar-refractivity contribution in [2.45, 2.75) is 33.6 Å². The molecule has 0 heterocycles. The number of hydrogen-bond acceptors (Lipinski definition) is 1. The van der Waals surface area contributed by atoms with Crippen LogP contribution in [0.5, 0.6) is 0 Å². The molecular weight excluding hydrogens is 337 g/mol. The minimum atomic E-state index is 0. The van der Waals surface area contributed by atoms with Crippen molar-refractivity contribution in [2.75, 3.05) is 11.9 Å². The van der Waals surface area contributed by atoms with Crippen molar-refractivity contribution in [3.05, 3.63) is 29.8 Å². The fraction of sp³-hybridized carbons (Fsp3) is 0.500. The molecule has 0 saturated carbocycles. The molecule has 0 aliphatic rings. The molecule has 0 bridgehead atoms. The van der Waals surface area contributed by atoms with E-state index in [0.29, 0.717) is 11.9 Å². The van der Waals surface area contributed by atoms with Gasteiger partial charge in [0.25, 0.3) is 0 Å². The van der Waals surface area contributed by atoms with Crippen molar-refractivity contribution in [1.82, 2.24) is 0 Å². The van der Waals surface area contributed by atoms with Gasteiger partial charge in [0.15, 0.2) is 5.96 Å². The molecule has 1 aromatic carbocycles. The third-order valence-corrected chi connectivity index (χ3v) is 3.00. The van der Waals surface area contributed by atoms with Crippen LogP contribution >= 0.6 is 24.0 Å². The van der Waals surface area contributed by atoms with Crippen LogP contribution in [0, 0.1) is 12.8 Å². The number of anilines is 1. The molecular formula is C14H24IN3. The van der Waals surface area contributed by atoms with Gasteiger partial charge in [-0.3, -0.25) is 4.99 Å². The summed E-state index contributed by atoms with van der Waals surface area (Å²) >= 11 is 0. The van der Waals surface area contributed by atoms with Gasteiger partial charge in [-0.15, -0.1) is 24.0 Å². The Kier molecular flexibility index (Phi) is 8.79. The molecule has 0 spiro atoms. The fourth-order valence-electron chi connectivity index (χ4n) is 1.60. The van der Waals surface area contributed by atoms with Crippen molar-refractivity contribution in [3.8, 4) is 0 Å². The van der Waals surface area contributed by atoms with Crippen LogP contribution in [0.1, 0.15) is 32.3 Å². The summed E-state index contributed by atoms with van der Waals surface area (Å²) in [6, 6.07) is 8.12. The Morgan fingerprint density at radius 2 is 1.78 bits per heavy atom. The van der Waals surface area contributed by atoms with Gasteiger partial charge in [0.2, 0.25) is 0 Å². The molecule has 18 heavy (non-hydrogen) atoms. The number of nitrogens with two attached hydrogens (primary N) is 1. The maximum Gasteiger partial charge on any atom is 0.193 e. The Morgan fingerprint density at radius 3 is 2.28 bits per heavy atom. The first-order valence-corrected chi connectivity index (χ1v) is 6.29. The summed E-state index contributed by atoms with van der Waals surface area (Å²) in [5.41, 5.74) is 8.07. The maximum atomic E-state index is 5.84. The van der Waals surface area contributed by atoms with Crippen LogP contribution in [0.3, 0.4) is 0 Å². The lowest BCUT2D eigenvalue weighted by Crippen LogP contribution is -2.23. The standard InChI is InChI=1S/C14H23N3.HI/c1-4-12(5-2)10-16-14(15)17-13-8-6-11(3)7-9-13;/h6-9,12H,4-5,10H2,1-3H3,(H3,15,16,17);1H. The van der Waals surface area contributed by atoms with Crippen LogP contribution in [-0.2, 0) is 0 Å². The number of guanidine groups is 1. The van der Waals surface area contributed by atoms with Gasteiger partial charge in [-0.05, 0) is 25.0 Å². The average molecular weight is 361 g/mol. The van der Waals surface area contributed by atoms with Crippen LogP contribution in [-0.4, -0.2) is 12.5 Å². The van der Waals surface area contributed by atoms with Crippen LogP contribution in [0.15, 0.2) is 29.3 Å². The van der Waals surface area contributed by atoms with Crippen molar-refractivity contribution in [2.24, 2.45) is 16.6 Å². The monoisotopic (exact) mass is 361 g/mol.